The topological polar surface area (TPSA) is 44.1 Å². The summed E-state index contributed by atoms with van der Waals surface area (Å²) in [6.07, 6.45) is -0.527. The van der Waals surface area contributed by atoms with Crippen LogP contribution in [-0.4, -0.2) is 21.5 Å². The number of halogens is 1. The highest BCUT2D eigenvalue weighted by atomic mass is 35.5. The van der Waals surface area contributed by atoms with E-state index in [-0.39, 0.29) is 0 Å². The van der Waals surface area contributed by atoms with Crippen LogP contribution in [0.15, 0.2) is 24.3 Å². The Hall–Kier alpha value is -1.55. The molecule has 90 valence electrons. The quantitative estimate of drug-likeness (QED) is 0.721. The Bertz CT molecular complexity index is 569. The van der Waals surface area contributed by atoms with Gasteiger partial charge >= 0.3 is 6.09 Å². The maximum absolute atomic E-state index is 11.9. The zero-order valence-electron chi connectivity index (χ0n) is 9.90. The number of carbonyl (C=O) groups is 1. The van der Waals surface area contributed by atoms with Crippen molar-refractivity contribution < 1.29 is 9.53 Å². The van der Waals surface area contributed by atoms with Crippen LogP contribution in [-0.2, 0) is 4.74 Å². The van der Waals surface area contributed by atoms with Crippen molar-refractivity contribution >= 4 is 28.6 Å². The monoisotopic (exact) mass is 252 g/mol. The van der Waals surface area contributed by atoms with Crippen LogP contribution in [0.1, 0.15) is 20.8 Å². The molecule has 5 heteroatoms. The van der Waals surface area contributed by atoms with Crippen molar-refractivity contribution in [2.24, 2.45) is 0 Å². The molecule has 0 aliphatic rings. The summed E-state index contributed by atoms with van der Waals surface area (Å²) in [6.45, 7) is 5.41. The Labute approximate surface area is 104 Å². The lowest BCUT2D eigenvalue weighted by Crippen LogP contribution is -2.27. The van der Waals surface area contributed by atoms with Crippen LogP contribution >= 0.6 is 11.6 Å². The van der Waals surface area contributed by atoms with Crippen molar-refractivity contribution in [1.82, 2.24) is 9.78 Å². The van der Waals surface area contributed by atoms with Crippen molar-refractivity contribution in [2.75, 3.05) is 0 Å². The first-order chi connectivity index (χ1) is 7.88. The zero-order valence-corrected chi connectivity index (χ0v) is 10.7. The highest BCUT2D eigenvalue weighted by Gasteiger charge is 2.21. The van der Waals surface area contributed by atoms with Crippen molar-refractivity contribution in [3.63, 3.8) is 0 Å². The minimum atomic E-state index is -0.559. The van der Waals surface area contributed by atoms with E-state index in [1.807, 2.05) is 18.2 Å². The van der Waals surface area contributed by atoms with Gasteiger partial charge in [0.25, 0.3) is 0 Å². The smallest absolute Gasteiger partial charge is 0.435 e. The van der Waals surface area contributed by atoms with Gasteiger partial charge in [0.15, 0.2) is 5.15 Å². The van der Waals surface area contributed by atoms with E-state index in [9.17, 15) is 4.79 Å². The second kappa shape index (κ2) is 4.04. The number of aromatic nitrogens is 2. The van der Waals surface area contributed by atoms with Crippen molar-refractivity contribution in [2.45, 2.75) is 26.4 Å². The van der Waals surface area contributed by atoms with E-state index >= 15 is 0 Å². The molecule has 0 amide bonds. The Balaban J connectivity index is 2.46. The Kier molecular flexibility index (Phi) is 2.83. The number of para-hydroxylation sites is 1. The predicted octanol–water partition coefficient (Wildman–Crippen LogP) is 3.47. The van der Waals surface area contributed by atoms with E-state index in [0.717, 1.165) is 5.39 Å². The first-order valence-corrected chi connectivity index (χ1v) is 5.63. The molecule has 0 aliphatic heterocycles. The molecule has 0 spiro atoms. The molecule has 1 heterocycles. The van der Waals surface area contributed by atoms with Crippen LogP contribution in [0.3, 0.4) is 0 Å². The van der Waals surface area contributed by atoms with Gasteiger partial charge in [-0.05, 0) is 32.9 Å². The van der Waals surface area contributed by atoms with E-state index < -0.39 is 11.7 Å². The third-order valence-electron chi connectivity index (χ3n) is 2.11. The molecule has 0 bridgehead atoms. The summed E-state index contributed by atoms with van der Waals surface area (Å²) in [6, 6.07) is 7.25. The molecule has 0 N–H and O–H groups in total. The highest BCUT2D eigenvalue weighted by molar-refractivity contribution is 6.34. The average molecular weight is 253 g/mol. The van der Waals surface area contributed by atoms with E-state index in [1.54, 1.807) is 26.8 Å². The third kappa shape index (κ3) is 2.42. The molecule has 1 aromatic carbocycles. The summed E-state index contributed by atoms with van der Waals surface area (Å²) >= 11 is 5.95. The average Bonchev–Trinajstić information content (AvgIpc) is 2.55. The number of ether oxygens (including phenoxy) is 1. The minimum absolute atomic E-state index is 0.298. The Morgan fingerprint density at radius 1 is 1.35 bits per heavy atom. The third-order valence-corrected chi connectivity index (χ3v) is 2.39. The second-order valence-corrected chi connectivity index (χ2v) is 5.06. The van der Waals surface area contributed by atoms with Gasteiger partial charge in [-0.3, -0.25) is 0 Å². The number of hydrogen-bond acceptors (Lipinski definition) is 3. The fourth-order valence-corrected chi connectivity index (χ4v) is 1.71. The van der Waals surface area contributed by atoms with Gasteiger partial charge in [-0.2, -0.15) is 4.68 Å². The first-order valence-electron chi connectivity index (χ1n) is 5.25. The number of benzene rings is 1. The fourth-order valence-electron chi connectivity index (χ4n) is 1.47. The number of nitrogens with zero attached hydrogens (tertiary/aromatic N) is 2. The van der Waals surface area contributed by atoms with E-state index in [2.05, 4.69) is 5.10 Å². The normalized spacial score (nSPS) is 11.8. The molecule has 17 heavy (non-hydrogen) atoms. The Morgan fingerprint density at radius 2 is 2.00 bits per heavy atom. The van der Waals surface area contributed by atoms with Crippen LogP contribution in [0.5, 0.6) is 0 Å². The van der Waals surface area contributed by atoms with Gasteiger partial charge < -0.3 is 4.74 Å². The molecule has 0 radical (unpaired) electrons. The van der Waals surface area contributed by atoms with E-state index in [4.69, 9.17) is 16.3 Å². The second-order valence-electron chi connectivity index (χ2n) is 4.70. The first kappa shape index (κ1) is 11.9. The Morgan fingerprint density at radius 3 is 2.65 bits per heavy atom. The molecule has 2 aromatic rings. The van der Waals surface area contributed by atoms with Gasteiger partial charge in [-0.1, -0.05) is 23.7 Å². The molecular formula is C12H13ClN2O2. The molecule has 0 fully saturated rings. The van der Waals surface area contributed by atoms with E-state index in [0.29, 0.717) is 10.7 Å². The summed E-state index contributed by atoms with van der Waals surface area (Å²) < 4.78 is 6.43. The summed E-state index contributed by atoms with van der Waals surface area (Å²) in [4.78, 5) is 11.9. The standard InChI is InChI=1S/C12H13ClN2O2/c1-12(2,3)17-11(16)15-9-7-5-4-6-8(9)10(13)14-15/h4-7H,1-3H3. The molecular weight excluding hydrogens is 240 g/mol. The lowest BCUT2D eigenvalue weighted by molar-refractivity contribution is 0.0523. The van der Waals surface area contributed by atoms with Crippen LogP contribution in [0, 0.1) is 0 Å². The minimum Gasteiger partial charge on any atom is -0.442 e. The van der Waals surface area contributed by atoms with Crippen LogP contribution in [0.25, 0.3) is 10.9 Å². The zero-order chi connectivity index (χ0) is 12.6. The molecule has 4 nitrogen and oxygen atoms in total. The molecule has 0 unspecified atom stereocenters. The largest absolute Gasteiger partial charge is 0.442 e. The fraction of sp³-hybridized carbons (Fsp3) is 0.333. The molecule has 0 aliphatic carbocycles. The van der Waals surface area contributed by atoms with Crippen molar-refractivity contribution in [3.05, 3.63) is 29.4 Å². The van der Waals surface area contributed by atoms with Crippen molar-refractivity contribution in [3.8, 4) is 0 Å². The summed E-state index contributed by atoms with van der Waals surface area (Å²) in [5, 5.41) is 5.02. The lowest BCUT2D eigenvalue weighted by atomic mass is 10.2. The van der Waals surface area contributed by atoms with Gasteiger partial charge in [0.1, 0.15) is 5.60 Å². The van der Waals surface area contributed by atoms with Gasteiger partial charge in [0, 0.05) is 5.39 Å². The lowest BCUT2D eigenvalue weighted by Gasteiger charge is -2.19. The molecule has 1 aromatic heterocycles. The van der Waals surface area contributed by atoms with Crippen LogP contribution < -0.4 is 0 Å². The molecule has 0 atom stereocenters. The maximum Gasteiger partial charge on any atom is 0.435 e. The van der Waals surface area contributed by atoms with Crippen LogP contribution in [0.2, 0.25) is 5.15 Å². The maximum atomic E-state index is 11.9. The SMILES string of the molecule is CC(C)(C)OC(=O)n1nc(Cl)c2ccccc21. The summed E-state index contributed by atoms with van der Waals surface area (Å²) in [7, 11) is 0. The summed E-state index contributed by atoms with van der Waals surface area (Å²) in [5.74, 6) is 0. The number of fused-ring (bicyclic) bond motifs is 1. The predicted molar refractivity (Wildman–Crippen MR) is 66.4 cm³/mol. The molecule has 0 saturated heterocycles. The van der Waals surface area contributed by atoms with Gasteiger partial charge in [0.2, 0.25) is 0 Å². The van der Waals surface area contributed by atoms with Crippen LogP contribution in [0.4, 0.5) is 4.79 Å². The molecule has 2 rings (SSSR count). The number of rotatable bonds is 0. The van der Waals surface area contributed by atoms with Crippen molar-refractivity contribution in [1.29, 1.82) is 0 Å². The van der Waals surface area contributed by atoms with E-state index in [1.165, 1.54) is 4.68 Å². The summed E-state index contributed by atoms with van der Waals surface area (Å²) in [5.41, 5.74) is 0.0862. The highest BCUT2D eigenvalue weighted by Crippen LogP contribution is 2.23. The van der Waals surface area contributed by atoms with Gasteiger partial charge in [0.05, 0.1) is 5.52 Å². The number of hydrogen-bond donors (Lipinski definition) is 0. The molecule has 0 saturated carbocycles. The van der Waals surface area contributed by atoms with Gasteiger partial charge in [-0.15, -0.1) is 5.10 Å². The van der Waals surface area contributed by atoms with Gasteiger partial charge in [-0.25, -0.2) is 4.79 Å². The number of carbonyl (C=O) groups excluding carboxylic acids is 1.